The Hall–Kier alpha value is -3.73. The molecule has 4 rings (SSSR count). The quantitative estimate of drug-likeness (QED) is 0.357. The normalized spacial score (nSPS) is 11.1. The van der Waals surface area contributed by atoms with Crippen LogP contribution in [0.25, 0.3) is 22.2 Å². The Bertz CT molecular complexity index is 1100. The second kappa shape index (κ2) is 7.88. The maximum absolute atomic E-state index is 5.36. The molecule has 0 bridgehead atoms. The number of fused-ring (bicyclic) bond motifs is 1. The van der Waals surface area contributed by atoms with Crippen LogP contribution in [0, 0.1) is 0 Å². The van der Waals surface area contributed by atoms with Crippen LogP contribution < -0.4 is 14.9 Å². The molecule has 0 radical (unpaired) electrons. The van der Waals surface area contributed by atoms with Crippen LogP contribution in [0.15, 0.2) is 77.9 Å². The fourth-order valence-electron chi connectivity index (χ4n) is 3.13. The summed E-state index contributed by atoms with van der Waals surface area (Å²) < 4.78 is 10.6. The first-order valence-electron chi connectivity index (χ1n) is 8.97. The van der Waals surface area contributed by atoms with E-state index in [2.05, 4.69) is 15.5 Å². The highest BCUT2D eigenvalue weighted by Crippen LogP contribution is 2.32. The topological polar surface area (TPSA) is 58.6 Å². The molecular formula is C23H21N3O2. The van der Waals surface area contributed by atoms with E-state index >= 15 is 0 Å². The van der Waals surface area contributed by atoms with Gasteiger partial charge in [0.2, 0.25) is 0 Å². The summed E-state index contributed by atoms with van der Waals surface area (Å²) in [5.74, 6) is 1.63. The Balaban J connectivity index is 1.76. The zero-order chi connectivity index (χ0) is 19.3. The van der Waals surface area contributed by atoms with Gasteiger partial charge in [-0.3, -0.25) is 5.43 Å². The van der Waals surface area contributed by atoms with E-state index < -0.39 is 0 Å². The third kappa shape index (κ3) is 3.55. The van der Waals surface area contributed by atoms with Crippen molar-refractivity contribution in [3.63, 3.8) is 0 Å². The molecule has 28 heavy (non-hydrogen) atoms. The Labute approximate surface area is 163 Å². The van der Waals surface area contributed by atoms with Crippen LogP contribution in [0.5, 0.6) is 11.5 Å². The molecule has 0 fully saturated rings. The molecular weight excluding hydrogens is 350 g/mol. The standard InChI is InChI=1S/C23H21N3O2/c1-27-18-10-8-16(9-11-18)23-21(15-24-26-17-6-4-3-5-7-17)20-13-12-19(28-2)14-22(20)25-23/h3-15,25-26H,1-2H3/b24-15+. The van der Waals surface area contributed by atoms with Crippen molar-refractivity contribution in [1.82, 2.24) is 4.98 Å². The van der Waals surface area contributed by atoms with Crippen LogP contribution in [0.3, 0.4) is 0 Å². The molecule has 0 saturated carbocycles. The molecule has 0 amide bonds. The summed E-state index contributed by atoms with van der Waals surface area (Å²) in [4.78, 5) is 3.50. The number of methoxy groups -OCH3 is 2. The summed E-state index contributed by atoms with van der Waals surface area (Å²) in [6.45, 7) is 0. The number of nitrogens with zero attached hydrogens (tertiary/aromatic N) is 1. The first-order chi connectivity index (χ1) is 13.8. The van der Waals surface area contributed by atoms with Gasteiger partial charge in [0, 0.05) is 17.0 Å². The zero-order valence-corrected chi connectivity index (χ0v) is 15.8. The van der Waals surface area contributed by atoms with Gasteiger partial charge in [-0.25, -0.2) is 0 Å². The van der Waals surface area contributed by atoms with Crippen molar-refractivity contribution in [3.05, 3.63) is 78.4 Å². The van der Waals surface area contributed by atoms with Crippen LogP contribution in [-0.4, -0.2) is 25.4 Å². The van der Waals surface area contributed by atoms with Gasteiger partial charge in [0.05, 0.1) is 37.3 Å². The average molecular weight is 371 g/mol. The predicted molar refractivity (Wildman–Crippen MR) is 114 cm³/mol. The van der Waals surface area contributed by atoms with Crippen molar-refractivity contribution in [1.29, 1.82) is 0 Å². The minimum absolute atomic E-state index is 0.806. The van der Waals surface area contributed by atoms with E-state index in [4.69, 9.17) is 9.47 Å². The number of ether oxygens (including phenoxy) is 2. The zero-order valence-electron chi connectivity index (χ0n) is 15.8. The van der Waals surface area contributed by atoms with E-state index in [9.17, 15) is 0 Å². The lowest BCUT2D eigenvalue weighted by Gasteiger charge is -2.04. The molecule has 2 N–H and O–H groups in total. The van der Waals surface area contributed by atoms with Crippen LogP contribution >= 0.6 is 0 Å². The van der Waals surface area contributed by atoms with Gasteiger partial charge >= 0.3 is 0 Å². The Morgan fingerprint density at radius 1 is 0.857 bits per heavy atom. The van der Waals surface area contributed by atoms with E-state index in [1.165, 1.54) is 0 Å². The van der Waals surface area contributed by atoms with Crippen molar-refractivity contribution < 1.29 is 9.47 Å². The summed E-state index contributed by atoms with van der Waals surface area (Å²) in [6, 6.07) is 23.8. The first-order valence-corrected chi connectivity index (χ1v) is 8.97. The fourth-order valence-corrected chi connectivity index (χ4v) is 3.13. The maximum atomic E-state index is 5.36. The van der Waals surface area contributed by atoms with Gasteiger partial charge in [-0.2, -0.15) is 5.10 Å². The van der Waals surface area contributed by atoms with Crippen molar-refractivity contribution in [2.45, 2.75) is 0 Å². The van der Waals surface area contributed by atoms with Gasteiger partial charge in [0.25, 0.3) is 0 Å². The monoisotopic (exact) mass is 371 g/mol. The van der Waals surface area contributed by atoms with Crippen molar-refractivity contribution >= 4 is 22.8 Å². The van der Waals surface area contributed by atoms with Crippen LogP contribution in [0.2, 0.25) is 0 Å². The summed E-state index contributed by atoms with van der Waals surface area (Å²) in [5.41, 5.74) is 8.06. The van der Waals surface area contributed by atoms with Crippen molar-refractivity contribution in [3.8, 4) is 22.8 Å². The molecule has 4 aromatic rings. The number of aromatic nitrogens is 1. The second-order valence-electron chi connectivity index (χ2n) is 6.29. The lowest BCUT2D eigenvalue weighted by Crippen LogP contribution is -1.92. The van der Waals surface area contributed by atoms with Gasteiger partial charge in [-0.15, -0.1) is 0 Å². The number of nitrogens with one attached hydrogen (secondary N) is 2. The first kappa shape index (κ1) is 17.7. The minimum Gasteiger partial charge on any atom is -0.497 e. The molecule has 5 heteroatoms. The molecule has 0 aliphatic carbocycles. The number of hydrazone groups is 1. The highest BCUT2D eigenvalue weighted by atomic mass is 16.5. The molecule has 0 atom stereocenters. The average Bonchev–Trinajstić information content (AvgIpc) is 3.12. The number of aromatic amines is 1. The number of anilines is 1. The third-order valence-electron chi connectivity index (χ3n) is 4.59. The largest absolute Gasteiger partial charge is 0.497 e. The minimum atomic E-state index is 0.806. The Kier molecular flexibility index (Phi) is 4.97. The molecule has 0 saturated heterocycles. The highest BCUT2D eigenvalue weighted by molar-refractivity contribution is 6.06. The smallest absolute Gasteiger partial charge is 0.120 e. The molecule has 0 aliphatic rings. The van der Waals surface area contributed by atoms with Crippen molar-refractivity contribution in [2.24, 2.45) is 5.10 Å². The molecule has 3 aromatic carbocycles. The summed E-state index contributed by atoms with van der Waals surface area (Å²) in [6.07, 6.45) is 1.85. The molecule has 1 heterocycles. The number of para-hydroxylation sites is 1. The van der Waals surface area contributed by atoms with E-state index in [0.29, 0.717) is 0 Å². The maximum Gasteiger partial charge on any atom is 0.120 e. The highest BCUT2D eigenvalue weighted by Gasteiger charge is 2.13. The molecule has 1 aromatic heterocycles. The van der Waals surface area contributed by atoms with Gasteiger partial charge < -0.3 is 14.5 Å². The molecule has 140 valence electrons. The third-order valence-corrected chi connectivity index (χ3v) is 4.59. The van der Waals surface area contributed by atoms with Crippen LogP contribution in [0.1, 0.15) is 5.56 Å². The van der Waals surface area contributed by atoms with Gasteiger partial charge in [0.1, 0.15) is 11.5 Å². The summed E-state index contributed by atoms with van der Waals surface area (Å²) in [7, 11) is 3.33. The van der Waals surface area contributed by atoms with Gasteiger partial charge in [-0.05, 0) is 54.1 Å². The lowest BCUT2D eigenvalue weighted by molar-refractivity contribution is 0.415. The van der Waals surface area contributed by atoms with Gasteiger partial charge in [-0.1, -0.05) is 18.2 Å². The fraction of sp³-hybridized carbons (Fsp3) is 0.0870. The van der Waals surface area contributed by atoms with E-state index in [1.54, 1.807) is 14.2 Å². The Morgan fingerprint density at radius 3 is 2.29 bits per heavy atom. The van der Waals surface area contributed by atoms with E-state index in [0.717, 1.165) is 44.9 Å². The van der Waals surface area contributed by atoms with E-state index in [-0.39, 0.29) is 0 Å². The van der Waals surface area contributed by atoms with Crippen LogP contribution in [0.4, 0.5) is 5.69 Å². The van der Waals surface area contributed by atoms with Gasteiger partial charge in [0.15, 0.2) is 0 Å². The summed E-state index contributed by atoms with van der Waals surface area (Å²) in [5, 5.41) is 5.52. The number of rotatable bonds is 6. The Morgan fingerprint density at radius 2 is 1.57 bits per heavy atom. The molecule has 0 spiro atoms. The van der Waals surface area contributed by atoms with Crippen molar-refractivity contribution in [2.75, 3.05) is 19.6 Å². The number of benzene rings is 3. The van der Waals surface area contributed by atoms with Crippen LogP contribution in [-0.2, 0) is 0 Å². The summed E-state index contributed by atoms with van der Waals surface area (Å²) >= 11 is 0. The number of hydrogen-bond acceptors (Lipinski definition) is 4. The number of H-pyrrole nitrogens is 1. The van der Waals surface area contributed by atoms with E-state index in [1.807, 2.05) is 79.0 Å². The predicted octanol–water partition coefficient (Wildman–Crippen LogP) is 5.30. The molecule has 0 unspecified atom stereocenters. The SMILES string of the molecule is COc1ccc(-c2[nH]c3cc(OC)ccc3c2/C=N/Nc2ccccc2)cc1. The molecule has 5 nitrogen and oxygen atoms in total. The lowest BCUT2D eigenvalue weighted by atomic mass is 10.1. The number of hydrogen-bond donors (Lipinski definition) is 2. The second-order valence-corrected chi connectivity index (χ2v) is 6.29. The molecule has 0 aliphatic heterocycles.